The van der Waals surface area contributed by atoms with Crippen LogP contribution in [0.5, 0.6) is 0 Å². The Labute approximate surface area is 476 Å². The Morgan fingerprint density at radius 2 is 0.707 bits per heavy atom. The van der Waals surface area contributed by atoms with Gasteiger partial charge in [-0.05, 0) is 97.1 Å². The lowest BCUT2D eigenvalue weighted by Gasteiger charge is -2.36. The number of hydrogen-bond donors (Lipinski definition) is 0. The van der Waals surface area contributed by atoms with Gasteiger partial charge in [-0.25, -0.2) is 0 Å². The highest BCUT2D eigenvalue weighted by Crippen LogP contribution is 2.45. The number of nitrogens with zero attached hydrogens (tertiary/aromatic N) is 2. The van der Waals surface area contributed by atoms with Crippen molar-refractivity contribution < 1.29 is 4.42 Å². The van der Waals surface area contributed by atoms with E-state index < -0.39 is 8.07 Å². The van der Waals surface area contributed by atoms with Crippen LogP contribution in [0.1, 0.15) is 0 Å². The van der Waals surface area contributed by atoms with Crippen molar-refractivity contribution in [2.75, 3.05) is 0 Å². The third-order valence-corrected chi connectivity index (χ3v) is 21.8. The number of furan rings is 1. The van der Waals surface area contributed by atoms with Crippen LogP contribution < -0.4 is 20.7 Å². The molecule has 0 fully saturated rings. The van der Waals surface area contributed by atoms with E-state index in [1.165, 1.54) is 75.6 Å². The second kappa shape index (κ2) is 19.4. The predicted molar refractivity (Wildman–Crippen MR) is 348 cm³/mol. The Bertz CT molecular complexity index is 4960. The summed E-state index contributed by atoms with van der Waals surface area (Å²) < 4.78 is 11.4. The van der Waals surface area contributed by atoms with E-state index in [0.717, 1.165) is 66.6 Å². The van der Waals surface area contributed by atoms with Crippen molar-refractivity contribution in [2.24, 2.45) is 0 Å². The van der Waals surface area contributed by atoms with Gasteiger partial charge < -0.3 is 13.6 Å². The number of benzene rings is 13. The largest absolute Gasteiger partial charge is 0.456 e. The molecule has 0 unspecified atom stereocenters. The Balaban J connectivity index is 0.975. The standard InChI is InChI=1S/C78H52N2OSi/c1-6-23-53(24-7-1)54-41-45-61(46-42-54)82(59-29-12-4-13-30-59,60-31-14-5-15-32-60)62-51-68(55-25-8-2-9-26-55)78(69(52-62)56-27-10-3-11-28-56)80-73-39-20-17-34-65(73)70-50-58(44-47-74(70)80)79-72-38-19-16-33-64(72)67-37-22-36-63(77(67)79)57-43-48-76-71(49-57)66-35-18-21-40-75(66)81-76/h1-52H. The first-order valence-corrected chi connectivity index (χ1v) is 30.2. The van der Waals surface area contributed by atoms with Gasteiger partial charge in [0.15, 0.2) is 8.07 Å². The molecule has 384 valence electrons. The molecule has 16 rings (SSSR count). The molecule has 0 aliphatic rings. The third-order valence-electron chi connectivity index (χ3n) is 17.1. The van der Waals surface area contributed by atoms with Crippen LogP contribution in [0.15, 0.2) is 320 Å². The monoisotopic (exact) mass is 1060 g/mol. The van der Waals surface area contributed by atoms with E-state index >= 15 is 0 Å². The molecule has 0 N–H and O–H groups in total. The summed E-state index contributed by atoms with van der Waals surface area (Å²) in [4.78, 5) is 0. The predicted octanol–water partition coefficient (Wildman–Crippen LogP) is 17.8. The zero-order chi connectivity index (χ0) is 54.1. The first-order valence-electron chi connectivity index (χ1n) is 28.2. The fourth-order valence-corrected chi connectivity index (χ4v) is 18.2. The number of fused-ring (bicyclic) bond motifs is 9. The minimum absolute atomic E-state index is 0.891. The van der Waals surface area contributed by atoms with Gasteiger partial charge in [-0.3, -0.25) is 0 Å². The number of rotatable bonds is 10. The summed E-state index contributed by atoms with van der Waals surface area (Å²) in [7, 11) is -3.12. The van der Waals surface area contributed by atoms with Crippen molar-refractivity contribution in [1.82, 2.24) is 9.13 Å². The van der Waals surface area contributed by atoms with Crippen LogP contribution in [0.3, 0.4) is 0 Å². The molecule has 0 radical (unpaired) electrons. The number of para-hydroxylation sites is 4. The van der Waals surface area contributed by atoms with Gasteiger partial charge in [-0.15, -0.1) is 0 Å². The maximum Gasteiger partial charge on any atom is 0.179 e. The molecule has 4 heteroatoms. The van der Waals surface area contributed by atoms with E-state index in [2.05, 4.69) is 319 Å². The van der Waals surface area contributed by atoms with E-state index in [1.807, 2.05) is 6.07 Å². The number of hydrogen-bond acceptors (Lipinski definition) is 1. The summed E-state index contributed by atoms with van der Waals surface area (Å²) in [6.45, 7) is 0. The number of aromatic nitrogens is 2. The molecule has 0 saturated heterocycles. The Morgan fingerprint density at radius 3 is 1.34 bits per heavy atom. The van der Waals surface area contributed by atoms with Crippen molar-refractivity contribution >= 4 is 94.4 Å². The maximum atomic E-state index is 6.33. The van der Waals surface area contributed by atoms with Crippen LogP contribution in [0.2, 0.25) is 0 Å². The van der Waals surface area contributed by atoms with Crippen molar-refractivity contribution in [3.05, 3.63) is 315 Å². The third kappa shape index (κ3) is 7.50. The van der Waals surface area contributed by atoms with Gasteiger partial charge in [0, 0.05) is 54.7 Å². The smallest absolute Gasteiger partial charge is 0.179 e. The first kappa shape index (κ1) is 47.5. The van der Waals surface area contributed by atoms with Gasteiger partial charge in [0.1, 0.15) is 11.2 Å². The molecule has 82 heavy (non-hydrogen) atoms. The molecule has 0 aliphatic heterocycles. The molecule has 3 heterocycles. The summed E-state index contributed by atoms with van der Waals surface area (Å²) in [6, 6.07) is 117. The minimum Gasteiger partial charge on any atom is -0.456 e. The molecule has 0 atom stereocenters. The van der Waals surface area contributed by atoms with Crippen molar-refractivity contribution in [2.45, 2.75) is 0 Å². The summed E-state index contributed by atoms with van der Waals surface area (Å²) in [5.74, 6) is 0. The molecule has 0 bridgehead atoms. The van der Waals surface area contributed by atoms with Crippen LogP contribution in [0.4, 0.5) is 0 Å². The van der Waals surface area contributed by atoms with Crippen LogP contribution in [-0.4, -0.2) is 17.2 Å². The maximum absolute atomic E-state index is 6.33. The van der Waals surface area contributed by atoms with E-state index in [9.17, 15) is 0 Å². The lowest BCUT2D eigenvalue weighted by Crippen LogP contribution is -2.74. The molecule has 16 aromatic rings. The van der Waals surface area contributed by atoms with Gasteiger partial charge in [-0.1, -0.05) is 267 Å². The van der Waals surface area contributed by atoms with Crippen LogP contribution in [-0.2, 0) is 0 Å². The molecule has 0 saturated carbocycles. The van der Waals surface area contributed by atoms with E-state index in [0.29, 0.717) is 0 Å². The average molecular weight is 1060 g/mol. The molecule has 0 spiro atoms. The van der Waals surface area contributed by atoms with Crippen molar-refractivity contribution in [3.8, 4) is 55.9 Å². The molecule has 3 aromatic heterocycles. The van der Waals surface area contributed by atoms with Crippen LogP contribution in [0.25, 0.3) is 121 Å². The van der Waals surface area contributed by atoms with Gasteiger partial charge in [-0.2, -0.15) is 0 Å². The van der Waals surface area contributed by atoms with E-state index in [-0.39, 0.29) is 0 Å². The average Bonchev–Trinajstić information content (AvgIpc) is 4.24. The van der Waals surface area contributed by atoms with Crippen molar-refractivity contribution in [3.63, 3.8) is 0 Å². The molecular weight excluding hydrogens is 1010 g/mol. The second-order valence-electron chi connectivity index (χ2n) is 21.5. The molecule has 3 nitrogen and oxygen atoms in total. The Kier molecular flexibility index (Phi) is 11.2. The highest BCUT2D eigenvalue weighted by atomic mass is 28.3. The zero-order valence-electron chi connectivity index (χ0n) is 44.8. The fourth-order valence-electron chi connectivity index (χ4n) is 13.4. The van der Waals surface area contributed by atoms with Gasteiger partial charge in [0.25, 0.3) is 0 Å². The normalized spacial score (nSPS) is 11.9. The topological polar surface area (TPSA) is 23.0 Å². The Morgan fingerprint density at radius 1 is 0.244 bits per heavy atom. The summed E-state index contributed by atoms with van der Waals surface area (Å²) >= 11 is 0. The molecular formula is C78H52N2OSi. The SMILES string of the molecule is c1ccc(-c2ccc([Si](c3ccccc3)(c3ccccc3)c3cc(-c4ccccc4)c(-n4c5ccccc5c5cc(-n6c7ccccc7c7cccc(-c8ccc9oc%10ccccc%10c9c8)c76)ccc54)c(-c4ccccc4)c3)cc2)cc1. The lowest BCUT2D eigenvalue weighted by atomic mass is 9.95. The molecule has 13 aromatic carbocycles. The summed E-state index contributed by atoms with van der Waals surface area (Å²) in [6.07, 6.45) is 0. The fraction of sp³-hybridized carbons (Fsp3) is 0. The minimum atomic E-state index is -3.12. The quantitative estimate of drug-likeness (QED) is 0.0989. The van der Waals surface area contributed by atoms with Crippen molar-refractivity contribution in [1.29, 1.82) is 0 Å². The summed E-state index contributed by atoms with van der Waals surface area (Å²) in [5.41, 5.74) is 18.0. The summed E-state index contributed by atoms with van der Waals surface area (Å²) in [5, 5.41) is 12.3. The van der Waals surface area contributed by atoms with E-state index in [4.69, 9.17) is 4.42 Å². The van der Waals surface area contributed by atoms with Gasteiger partial charge in [0.05, 0.1) is 27.8 Å². The van der Waals surface area contributed by atoms with Gasteiger partial charge >= 0.3 is 0 Å². The highest BCUT2D eigenvalue weighted by molar-refractivity contribution is 7.20. The lowest BCUT2D eigenvalue weighted by molar-refractivity contribution is 0.669. The van der Waals surface area contributed by atoms with Crippen LogP contribution >= 0.6 is 0 Å². The first-order chi connectivity index (χ1) is 40.7. The highest BCUT2D eigenvalue weighted by Gasteiger charge is 2.42. The van der Waals surface area contributed by atoms with Gasteiger partial charge in [0.2, 0.25) is 0 Å². The molecule has 0 amide bonds. The molecule has 0 aliphatic carbocycles. The zero-order valence-corrected chi connectivity index (χ0v) is 45.8. The Hall–Kier alpha value is -10.5. The van der Waals surface area contributed by atoms with E-state index in [1.54, 1.807) is 0 Å². The second-order valence-corrected chi connectivity index (χ2v) is 25.3. The van der Waals surface area contributed by atoms with Crippen LogP contribution in [0, 0.1) is 0 Å².